The van der Waals surface area contributed by atoms with E-state index >= 15 is 0 Å². The smallest absolute Gasteiger partial charge is 0.334 e. The topological polar surface area (TPSA) is 18.5 Å². The summed E-state index contributed by atoms with van der Waals surface area (Å²) in [7, 11) is -2.08. The maximum absolute atomic E-state index is 5.94. The molecule has 0 aliphatic heterocycles. The molecule has 0 fully saturated rings. The summed E-state index contributed by atoms with van der Waals surface area (Å²) in [6.07, 6.45) is 1.06. The predicted octanol–water partition coefficient (Wildman–Crippen LogP) is 2.88. The number of hydrogen-bond donors (Lipinski definition) is 1. The van der Waals surface area contributed by atoms with E-state index in [9.17, 15) is 0 Å². The number of rotatable bonds is 9. The first-order valence-corrected chi connectivity index (χ1v) is 10.6. The molecule has 0 saturated heterocycles. The van der Waals surface area contributed by atoms with E-state index in [4.69, 9.17) is 21.5 Å². The van der Waals surface area contributed by atoms with Gasteiger partial charge in [0.25, 0.3) is 0 Å². The number of thiol groups is 1. The molecule has 0 unspecified atom stereocenters. The lowest BCUT2D eigenvalue weighted by Gasteiger charge is -2.41. The van der Waals surface area contributed by atoms with Crippen LogP contribution in [-0.2, 0) is 8.85 Å². The summed E-state index contributed by atoms with van der Waals surface area (Å²) in [4.78, 5) is 0. The average molecular weight is 309 g/mol. The normalized spacial score (nSPS) is 17.0. The molecular weight excluding hydrogens is 276 g/mol. The van der Waals surface area contributed by atoms with Crippen molar-refractivity contribution in [3.63, 3.8) is 0 Å². The van der Waals surface area contributed by atoms with Crippen molar-refractivity contribution in [2.24, 2.45) is 5.92 Å². The van der Waals surface area contributed by atoms with Gasteiger partial charge in [-0.25, -0.2) is 0 Å². The van der Waals surface area contributed by atoms with Gasteiger partial charge >= 0.3 is 9.28 Å². The Morgan fingerprint density at radius 1 is 1.11 bits per heavy atom. The summed E-state index contributed by atoms with van der Waals surface area (Å²) in [5, 5.41) is 0.400. The lowest BCUT2D eigenvalue weighted by Crippen LogP contribution is -2.53. The Morgan fingerprint density at radius 3 is 1.83 bits per heavy atom. The molecule has 0 aliphatic carbocycles. The molecule has 110 valence electrons. The Kier molecular flexibility index (Phi) is 8.41. The summed E-state index contributed by atoms with van der Waals surface area (Å²) in [5.41, 5.74) is 0. The van der Waals surface area contributed by atoms with Crippen LogP contribution in [0.5, 0.6) is 0 Å². The van der Waals surface area contributed by atoms with Crippen LogP contribution in [0.15, 0.2) is 0 Å². The first kappa shape index (κ1) is 18.7. The SMILES string of the molecule is CCO[SiH](OCC)[C@](S)(CC)[SiH2]C(C)(C)C(C)C. The third-order valence-corrected chi connectivity index (χ3v) is 12.4. The van der Waals surface area contributed by atoms with Crippen LogP contribution in [0.2, 0.25) is 5.04 Å². The summed E-state index contributed by atoms with van der Waals surface area (Å²) in [5.74, 6) is 0.695. The van der Waals surface area contributed by atoms with Gasteiger partial charge in [-0.1, -0.05) is 34.6 Å². The summed E-state index contributed by atoms with van der Waals surface area (Å²) >= 11 is 5.04. The quantitative estimate of drug-likeness (QED) is 0.521. The maximum atomic E-state index is 5.94. The van der Waals surface area contributed by atoms with E-state index in [0.717, 1.165) is 19.6 Å². The van der Waals surface area contributed by atoms with E-state index in [1.807, 2.05) is 0 Å². The van der Waals surface area contributed by atoms with Gasteiger partial charge in [0, 0.05) is 26.7 Å². The fourth-order valence-electron chi connectivity index (χ4n) is 2.03. The maximum Gasteiger partial charge on any atom is 0.334 e. The van der Waals surface area contributed by atoms with Gasteiger partial charge in [-0.3, -0.25) is 0 Å². The Morgan fingerprint density at radius 2 is 1.56 bits per heavy atom. The molecule has 0 aliphatic rings. The molecule has 18 heavy (non-hydrogen) atoms. The molecule has 5 heteroatoms. The standard InChI is InChI=1S/C13H32O2SSi2/c1-8-13(16,17-12(6,7)11(4)5)18(14-9-2)15-10-3/h11,16,18H,8-10,17H2,1-7H3/t13-/m0/s1. The second-order valence-corrected chi connectivity index (χ2v) is 14.7. The third-order valence-electron chi connectivity index (χ3n) is 4.01. The van der Waals surface area contributed by atoms with Crippen molar-refractivity contribution in [3.05, 3.63) is 0 Å². The lowest BCUT2D eigenvalue weighted by atomic mass is 9.99. The fraction of sp³-hybridized carbons (Fsp3) is 1.00. The molecule has 0 radical (unpaired) electrons. The van der Waals surface area contributed by atoms with Crippen LogP contribution >= 0.6 is 12.6 Å². The minimum absolute atomic E-state index is 0.0553. The highest BCUT2D eigenvalue weighted by Crippen LogP contribution is 2.39. The van der Waals surface area contributed by atoms with Gasteiger partial charge in [0.15, 0.2) is 0 Å². The molecule has 0 aromatic heterocycles. The molecule has 0 amide bonds. The van der Waals surface area contributed by atoms with Crippen molar-refractivity contribution in [2.75, 3.05) is 13.2 Å². The monoisotopic (exact) mass is 308 g/mol. The molecule has 0 saturated carbocycles. The van der Waals surface area contributed by atoms with Crippen molar-refractivity contribution >= 4 is 31.4 Å². The minimum Gasteiger partial charge on any atom is -0.396 e. The first-order chi connectivity index (χ1) is 8.23. The Hall–Kier alpha value is 0.704. The highest BCUT2D eigenvalue weighted by Gasteiger charge is 2.43. The van der Waals surface area contributed by atoms with Gasteiger partial charge in [-0.2, -0.15) is 12.6 Å². The summed E-state index contributed by atoms with van der Waals surface area (Å²) < 4.78 is 11.9. The zero-order valence-corrected chi connectivity index (χ0v) is 16.7. The van der Waals surface area contributed by atoms with Crippen LogP contribution in [-0.4, -0.2) is 36.0 Å². The molecule has 0 aromatic rings. The van der Waals surface area contributed by atoms with Gasteiger partial charge in [0.2, 0.25) is 0 Å². The first-order valence-electron chi connectivity index (χ1n) is 7.19. The highest BCUT2D eigenvalue weighted by atomic mass is 32.1. The van der Waals surface area contributed by atoms with E-state index in [0.29, 0.717) is 11.0 Å². The van der Waals surface area contributed by atoms with Crippen molar-refractivity contribution in [2.45, 2.75) is 63.9 Å². The van der Waals surface area contributed by atoms with Crippen LogP contribution in [0.25, 0.3) is 0 Å². The molecule has 0 spiro atoms. The van der Waals surface area contributed by atoms with Crippen molar-refractivity contribution in [3.8, 4) is 0 Å². The van der Waals surface area contributed by atoms with Gasteiger partial charge in [0.1, 0.15) is 0 Å². The fourth-order valence-corrected chi connectivity index (χ4v) is 10.5. The Bertz CT molecular complexity index is 231. The van der Waals surface area contributed by atoms with Crippen molar-refractivity contribution in [1.29, 1.82) is 0 Å². The van der Waals surface area contributed by atoms with E-state index < -0.39 is 18.8 Å². The van der Waals surface area contributed by atoms with Gasteiger partial charge in [-0.15, -0.1) is 0 Å². The zero-order chi connectivity index (χ0) is 14.4. The molecule has 2 nitrogen and oxygen atoms in total. The highest BCUT2D eigenvalue weighted by molar-refractivity contribution is 7.85. The second-order valence-electron chi connectivity index (χ2n) is 6.02. The van der Waals surface area contributed by atoms with Crippen molar-refractivity contribution in [1.82, 2.24) is 0 Å². The van der Waals surface area contributed by atoms with Crippen LogP contribution in [0.4, 0.5) is 0 Å². The summed E-state index contributed by atoms with van der Waals surface area (Å²) in [6, 6.07) is 0. The van der Waals surface area contributed by atoms with E-state index in [1.54, 1.807) is 0 Å². The summed E-state index contributed by atoms with van der Waals surface area (Å²) in [6.45, 7) is 17.2. The zero-order valence-electron chi connectivity index (χ0n) is 13.2. The predicted molar refractivity (Wildman–Crippen MR) is 89.8 cm³/mol. The van der Waals surface area contributed by atoms with E-state index in [2.05, 4.69) is 48.5 Å². The van der Waals surface area contributed by atoms with Crippen LogP contribution in [0.1, 0.15) is 54.9 Å². The third kappa shape index (κ3) is 5.37. The van der Waals surface area contributed by atoms with Gasteiger partial charge < -0.3 is 8.85 Å². The molecule has 0 rings (SSSR count). The van der Waals surface area contributed by atoms with Crippen molar-refractivity contribution < 1.29 is 8.85 Å². The van der Waals surface area contributed by atoms with Crippen LogP contribution in [0, 0.1) is 5.92 Å². The van der Waals surface area contributed by atoms with E-state index in [1.165, 1.54) is 0 Å². The molecular formula is C13H32O2SSi2. The average Bonchev–Trinajstić information content (AvgIpc) is 2.28. The molecule has 0 bridgehead atoms. The van der Waals surface area contributed by atoms with Gasteiger partial charge in [0.05, 0.1) is 0 Å². The van der Waals surface area contributed by atoms with Crippen LogP contribution in [0.3, 0.4) is 0 Å². The minimum atomic E-state index is -1.68. The molecule has 1 atom stereocenters. The van der Waals surface area contributed by atoms with E-state index in [-0.39, 0.29) is 3.99 Å². The lowest BCUT2D eigenvalue weighted by molar-refractivity contribution is 0.207. The molecule has 0 N–H and O–H groups in total. The molecule has 0 aromatic carbocycles. The Balaban J connectivity index is 4.95. The largest absolute Gasteiger partial charge is 0.396 e. The molecule has 0 heterocycles. The Labute approximate surface area is 123 Å². The van der Waals surface area contributed by atoms with Crippen LogP contribution < -0.4 is 0 Å². The van der Waals surface area contributed by atoms with Gasteiger partial charge in [-0.05, 0) is 31.2 Å². The second kappa shape index (κ2) is 8.09. The number of hydrogen-bond acceptors (Lipinski definition) is 3.